The molecule has 0 bridgehead atoms. The van der Waals surface area contributed by atoms with Crippen LogP contribution in [0.4, 0.5) is 0 Å². The van der Waals surface area contributed by atoms with Crippen molar-refractivity contribution in [1.29, 1.82) is 0 Å². The summed E-state index contributed by atoms with van der Waals surface area (Å²) in [5.74, 6) is -1.48. The van der Waals surface area contributed by atoms with Crippen LogP contribution in [0.2, 0.25) is 0 Å². The Labute approximate surface area is 152 Å². The Morgan fingerprint density at radius 3 is 2.46 bits per heavy atom. The molecular weight excluding hydrogens is 336 g/mol. The summed E-state index contributed by atoms with van der Waals surface area (Å²) in [6, 6.07) is 7.25. The maximum absolute atomic E-state index is 12.3. The third-order valence-corrected chi connectivity index (χ3v) is 4.04. The number of nitrogens with one attached hydrogen (secondary N) is 1. The van der Waals surface area contributed by atoms with Crippen molar-refractivity contribution in [2.75, 3.05) is 20.2 Å². The minimum atomic E-state index is -0.594. The van der Waals surface area contributed by atoms with E-state index in [1.54, 1.807) is 12.1 Å². The number of carbonyl (C=O) groups excluding carboxylic acids is 3. The van der Waals surface area contributed by atoms with Crippen LogP contribution in [0.1, 0.15) is 43.1 Å². The van der Waals surface area contributed by atoms with Crippen molar-refractivity contribution in [2.24, 2.45) is 4.99 Å². The fraction of sp³-hybridized carbons (Fsp3) is 0.474. The molecule has 1 aromatic rings. The highest BCUT2D eigenvalue weighted by Crippen LogP contribution is 2.22. The third-order valence-electron chi connectivity index (χ3n) is 4.04. The Hall–Kier alpha value is -2.70. The fourth-order valence-electron chi connectivity index (χ4n) is 2.41. The quantitative estimate of drug-likeness (QED) is 0.824. The molecule has 1 aromatic carbocycles. The van der Waals surface area contributed by atoms with Gasteiger partial charge in [-0.05, 0) is 23.1 Å². The summed E-state index contributed by atoms with van der Waals surface area (Å²) in [6.45, 7) is 6.53. The average Bonchev–Trinajstić information content (AvgIpc) is 2.77. The number of rotatable bonds is 4. The largest absolute Gasteiger partial charge is 0.469 e. The van der Waals surface area contributed by atoms with Gasteiger partial charge in [-0.1, -0.05) is 32.9 Å². The van der Waals surface area contributed by atoms with Crippen molar-refractivity contribution in [3.8, 4) is 0 Å². The van der Waals surface area contributed by atoms with Gasteiger partial charge in [0, 0.05) is 0 Å². The topological polar surface area (TPSA) is 94.1 Å². The Balaban J connectivity index is 2.01. The molecular formula is C19H24N2O5. The Morgan fingerprint density at radius 2 is 1.88 bits per heavy atom. The number of ether oxygens (including phenoxy) is 2. The van der Waals surface area contributed by atoms with E-state index in [-0.39, 0.29) is 30.6 Å². The van der Waals surface area contributed by atoms with E-state index in [1.165, 1.54) is 7.11 Å². The molecule has 7 heteroatoms. The lowest BCUT2D eigenvalue weighted by atomic mass is 9.87. The van der Waals surface area contributed by atoms with Gasteiger partial charge in [0.1, 0.15) is 11.8 Å². The van der Waals surface area contributed by atoms with Crippen LogP contribution >= 0.6 is 0 Å². The van der Waals surface area contributed by atoms with E-state index in [1.807, 2.05) is 12.1 Å². The number of amides is 1. The number of esters is 2. The number of hydrogen-bond acceptors (Lipinski definition) is 6. The molecule has 0 saturated heterocycles. The molecule has 0 spiro atoms. The second-order valence-electron chi connectivity index (χ2n) is 7.10. The van der Waals surface area contributed by atoms with E-state index in [9.17, 15) is 14.4 Å². The summed E-state index contributed by atoms with van der Waals surface area (Å²) in [7, 11) is 1.24. The molecule has 0 radical (unpaired) electrons. The molecule has 0 aromatic heterocycles. The van der Waals surface area contributed by atoms with Gasteiger partial charge >= 0.3 is 11.9 Å². The van der Waals surface area contributed by atoms with Gasteiger partial charge in [-0.2, -0.15) is 0 Å². The summed E-state index contributed by atoms with van der Waals surface area (Å²) < 4.78 is 9.97. The molecule has 2 rings (SSSR count). The molecule has 0 unspecified atom stereocenters. The summed E-state index contributed by atoms with van der Waals surface area (Å²) >= 11 is 0. The van der Waals surface area contributed by atoms with Gasteiger partial charge in [0.05, 0.1) is 32.2 Å². The molecule has 1 heterocycles. The highest BCUT2D eigenvalue weighted by molar-refractivity contribution is 6.41. The number of carbonyl (C=O) groups is 3. The minimum absolute atomic E-state index is 0.00123. The maximum Gasteiger partial charge on any atom is 0.338 e. The lowest BCUT2D eigenvalue weighted by Crippen LogP contribution is -2.36. The second-order valence-corrected chi connectivity index (χ2v) is 7.10. The van der Waals surface area contributed by atoms with Crippen molar-refractivity contribution in [3.05, 3.63) is 35.4 Å². The lowest BCUT2D eigenvalue weighted by molar-refractivity contribution is -0.139. The number of nitrogens with zero attached hydrogens (tertiary/aromatic N) is 1. The van der Waals surface area contributed by atoms with Crippen molar-refractivity contribution in [2.45, 2.75) is 38.7 Å². The van der Waals surface area contributed by atoms with Crippen LogP contribution in [0.5, 0.6) is 0 Å². The van der Waals surface area contributed by atoms with E-state index >= 15 is 0 Å². The molecule has 0 aliphatic carbocycles. The highest BCUT2D eigenvalue weighted by Gasteiger charge is 2.24. The van der Waals surface area contributed by atoms with Gasteiger partial charge in [0.15, 0.2) is 0 Å². The van der Waals surface area contributed by atoms with Crippen LogP contribution in [-0.2, 0) is 24.5 Å². The highest BCUT2D eigenvalue weighted by atomic mass is 16.5. The summed E-state index contributed by atoms with van der Waals surface area (Å²) in [5.41, 5.74) is 1.63. The second kappa shape index (κ2) is 8.12. The minimum Gasteiger partial charge on any atom is -0.469 e. The van der Waals surface area contributed by atoms with Crippen molar-refractivity contribution in [1.82, 2.24) is 5.32 Å². The molecule has 0 saturated carbocycles. The zero-order valence-corrected chi connectivity index (χ0v) is 15.5. The first-order chi connectivity index (χ1) is 12.2. The first-order valence-electron chi connectivity index (χ1n) is 8.40. The van der Waals surface area contributed by atoms with E-state index < -0.39 is 23.9 Å². The number of methoxy groups -OCH3 is 1. The molecule has 1 atom stereocenters. The molecule has 7 nitrogen and oxygen atoms in total. The van der Waals surface area contributed by atoms with Crippen LogP contribution in [0.3, 0.4) is 0 Å². The number of hydrogen-bond donors (Lipinski definition) is 1. The van der Waals surface area contributed by atoms with Gasteiger partial charge in [0.2, 0.25) is 0 Å². The van der Waals surface area contributed by atoms with E-state index in [2.05, 4.69) is 35.8 Å². The van der Waals surface area contributed by atoms with Crippen molar-refractivity contribution in [3.63, 3.8) is 0 Å². The van der Waals surface area contributed by atoms with Crippen LogP contribution in [0.15, 0.2) is 29.3 Å². The predicted molar refractivity (Wildman–Crippen MR) is 96.3 cm³/mol. The molecule has 140 valence electrons. The van der Waals surface area contributed by atoms with Gasteiger partial charge in [-0.3, -0.25) is 14.6 Å². The molecule has 0 fully saturated rings. The smallest absolute Gasteiger partial charge is 0.338 e. The third kappa shape index (κ3) is 5.15. The molecule has 1 amide bonds. The molecule has 1 aliphatic rings. The summed E-state index contributed by atoms with van der Waals surface area (Å²) in [4.78, 5) is 39.6. The SMILES string of the molecule is COC(=O)CC1=NC[C@H](OC(=O)c2ccc(C(C)(C)C)cc2)CNC1=O. The Kier molecular flexibility index (Phi) is 6.13. The van der Waals surface area contributed by atoms with Gasteiger partial charge in [-0.15, -0.1) is 0 Å². The van der Waals surface area contributed by atoms with Crippen molar-refractivity contribution < 1.29 is 23.9 Å². The van der Waals surface area contributed by atoms with E-state index in [0.717, 1.165) is 5.56 Å². The average molecular weight is 360 g/mol. The van der Waals surface area contributed by atoms with Gasteiger partial charge in [-0.25, -0.2) is 4.79 Å². The van der Waals surface area contributed by atoms with E-state index in [4.69, 9.17) is 4.74 Å². The van der Waals surface area contributed by atoms with E-state index in [0.29, 0.717) is 5.56 Å². The zero-order chi connectivity index (χ0) is 19.3. The van der Waals surface area contributed by atoms with Crippen LogP contribution in [0, 0.1) is 0 Å². The number of aliphatic imine (C=N–C) groups is 1. The standard InChI is InChI=1S/C19H24N2O5/c1-19(2,3)13-7-5-12(6-8-13)18(24)26-14-10-20-15(9-16(22)25-4)17(23)21-11-14/h5-8,14H,9-11H2,1-4H3,(H,21,23)/t14-/m0/s1. The molecule has 26 heavy (non-hydrogen) atoms. The normalized spacial score (nSPS) is 17.6. The zero-order valence-electron chi connectivity index (χ0n) is 15.5. The van der Waals surface area contributed by atoms with Gasteiger partial charge < -0.3 is 14.8 Å². The number of benzene rings is 1. The molecule has 1 aliphatic heterocycles. The summed E-state index contributed by atoms with van der Waals surface area (Å²) in [5, 5.41) is 2.61. The van der Waals surface area contributed by atoms with Crippen LogP contribution < -0.4 is 5.32 Å². The summed E-state index contributed by atoms with van der Waals surface area (Å²) in [6.07, 6.45) is -0.805. The predicted octanol–water partition coefficient (Wildman–Crippen LogP) is 1.64. The monoisotopic (exact) mass is 360 g/mol. The lowest BCUT2D eigenvalue weighted by Gasteiger charge is -2.19. The van der Waals surface area contributed by atoms with Gasteiger partial charge in [0.25, 0.3) is 5.91 Å². The first kappa shape index (κ1) is 19.6. The first-order valence-corrected chi connectivity index (χ1v) is 8.40. The van der Waals surface area contributed by atoms with Crippen LogP contribution in [0.25, 0.3) is 0 Å². The maximum atomic E-state index is 12.3. The fourth-order valence-corrected chi connectivity index (χ4v) is 2.41. The Morgan fingerprint density at radius 1 is 1.23 bits per heavy atom. The Bertz CT molecular complexity index is 716. The van der Waals surface area contributed by atoms with Crippen molar-refractivity contribution >= 4 is 23.6 Å². The molecule has 1 N–H and O–H groups in total. The van der Waals surface area contributed by atoms with Crippen LogP contribution in [-0.4, -0.2) is 49.9 Å².